The van der Waals surface area contributed by atoms with Crippen molar-refractivity contribution in [2.24, 2.45) is 0 Å². The van der Waals surface area contributed by atoms with Gasteiger partial charge < -0.3 is 9.64 Å². The van der Waals surface area contributed by atoms with Crippen molar-refractivity contribution >= 4 is 32.6 Å². The van der Waals surface area contributed by atoms with E-state index < -0.39 is 16.1 Å². The highest BCUT2D eigenvalue weighted by atomic mass is 28.3. The minimum atomic E-state index is -2.07. The molecule has 178 valence electrons. The number of hydrogen-bond donors (Lipinski definition) is 0. The number of allylic oxidation sites excluding steroid dienone is 1. The standard InChI is InChI=1S/C29H43NOSi2/c1-12-17-31-27-25(18-21(2)19-26(27)33(10,11)29(3,4)5)32(8,9)28-23-16-14-13-15-22(23)20-24(28)30(6)7/h12-16,18-20,28H,1,17H2,2-11H3. The maximum atomic E-state index is 6.60. The maximum Gasteiger partial charge on any atom is 0.118 e. The first kappa shape index (κ1) is 25.6. The van der Waals surface area contributed by atoms with Crippen LogP contribution < -0.4 is 15.1 Å². The van der Waals surface area contributed by atoms with E-state index >= 15 is 0 Å². The van der Waals surface area contributed by atoms with Gasteiger partial charge in [-0.3, -0.25) is 0 Å². The topological polar surface area (TPSA) is 12.5 Å². The maximum absolute atomic E-state index is 6.60. The molecule has 0 heterocycles. The van der Waals surface area contributed by atoms with Gasteiger partial charge in [-0.1, -0.05) is 102 Å². The van der Waals surface area contributed by atoms with Crippen molar-refractivity contribution in [2.75, 3.05) is 20.7 Å². The largest absolute Gasteiger partial charge is 0.490 e. The first-order chi connectivity index (χ1) is 15.2. The lowest BCUT2D eigenvalue weighted by Crippen LogP contribution is -2.56. The monoisotopic (exact) mass is 477 g/mol. The van der Waals surface area contributed by atoms with Crippen LogP contribution in [0.1, 0.15) is 43.0 Å². The van der Waals surface area contributed by atoms with Crippen LogP contribution in [0.25, 0.3) is 6.08 Å². The summed E-state index contributed by atoms with van der Waals surface area (Å²) in [5, 5.41) is 3.12. The van der Waals surface area contributed by atoms with E-state index in [1.807, 2.05) is 6.08 Å². The van der Waals surface area contributed by atoms with Crippen LogP contribution in [0.3, 0.4) is 0 Å². The molecular formula is C29H43NOSi2. The van der Waals surface area contributed by atoms with Gasteiger partial charge in [0.05, 0.1) is 16.1 Å². The van der Waals surface area contributed by atoms with E-state index in [-0.39, 0.29) is 5.04 Å². The SMILES string of the molecule is C=CCOc1c([Si](C)(C)C2C(N(C)C)=Cc3ccccc32)cc(C)cc1[Si](C)(C)C(C)(C)C. The van der Waals surface area contributed by atoms with Gasteiger partial charge in [0.25, 0.3) is 0 Å². The summed E-state index contributed by atoms with van der Waals surface area (Å²) in [6, 6.07) is 13.8. The lowest BCUT2D eigenvalue weighted by Gasteiger charge is -2.41. The number of hydrogen-bond acceptors (Lipinski definition) is 2. The smallest absolute Gasteiger partial charge is 0.118 e. The fourth-order valence-corrected chi connectivity index (χ4v) is 11.1. The van der Waals surface area contributed by atoms with E-state index in [4.69, 9.17) is 4.74 Å². The van der Waals surface area contributed by atoms with E-state index in [1.54, 1.807) is 0 Å². The summed E-state index contributed by atoms with van der Waals surface area (Å²) in [5.74, 6) is 1.14. The van der Waals surface area contributed by atoms with Gasteiger partial charge in [0.2, 0.25) is 0 Å². The Balaban J connectivity index is 2.31. The van der Waals surface area contributed by atoms with Crippen molar-refractivity contribution in [2.45, 2.75) is 64.5 Å². The second kappa shape index (κ2) is 8.96. The Kier molecular flexibility index (Phi) is 6.94. The van der Waals surface area contributed by atoms with Crippen molar-refractivity contribution in [1.82, 2.24) is 4.90 Å². The molecule has 0 N–H and O–H groups in total. The Morgan fingerprint density at radius 3 is 2.21 bits per heavy atom. The van der Waals surface area contributed by atoms with Crippen LogP contribution in [-0.2, 0) is 0 Å². The van der Waals surface area contributed by atoms with Gasteiger partial charge in [-0.05, 0) is 39.5 Å². The summed E-state index contributed by atoms with van der Waals surface area (Å²) in [4.78, 5) is 2.31. The number of ether oxygens (including phenoxy) is 1. The summed E-state index contributed by atoms with van der Waals surface area (Å²) in [7, 11) is 0.469. The zero-order chi connectivity index (χ0) is 24.8. The third-order valence-electron chi connectivity index (χ3n) is 7.97. The fourth-order valence-electron chi connectivity index (χ4n) is 5.03. The van der Waals surface area contributed by atoms with Crippen molar-refractivity contribution in [1.29, 1.82) is 0 Å². The molecule has 2 nitrogen and oxygen atoms in total. The van der Waals surface area contributed by atoms with Gasteiger partial charge in [0.1, 0.15) is 12.4 Å². The summed E-state index contributed by atoms with van der Waals surface area (Å²) in [5.41, 5.74) is 5.97. The predicted octanol–water partition coefficient (Wildman–Crippen LogP) is 6.43. The minimum absolute atomic E-state index is 0.227. The number of nitrogens with zero attached hydrogens (tertiary/aromatic N) is 1. The summed E-state index contributed by atoms with van der Waals surface area (Å²) >= 11 is 0. The number of rotatable bonds is 7. The van der Waals surface area contributed by atoms with Crippen molar-refractivity contribution in [3.05, 3.63) is 71.4 Å². The lowest BCUT2D eigenvalue weighted by molar-refractivity contribution is 0.368. The Labute approximate surface area is 204 Å². The molecule has 2 aromatic carbocycles. The van der Waals surface area contributed by atoms with Gasteiger partial charge in [-0.25, -0.2) is 0 Å². The van der Waals surface area contributed by atoms with Crippen molar-refractivity contribution in [3.8, 4) is 5.75 Å². The average molecular weight is 478 g/mol. The van der Waals surface area contributed by atoms with E-state index in [0.29, 0.717) is 12.1 Å². The molecule has 0 bridgehead atoms. The highest BCUT2D eigenvalue weighted by molar-refractivity contribution is 6.95. The van der Waals surface area contributed by atoms with Gasteiger partial charge in [0, 0.05) is 25.3 Å². The molecule has 0 spiro atoms. The van der Waals surface area contributed by atoms with Crippen LogP contribution in [-0.4, -0.2) is 41.7 Å². The molecule has 0 radical (unpaired) electrons. The van der Waals surface area contributed by atoms with Crippen LogP contribution in [0.5, 0.6) is 5.75 Å². The Hall–Kier alpha value is -2.05. The van der Waals surface area contributed by atoms with Gasteiger partial charge in [0.15, 0.2) is 0 Å². The highest BCUT2D eigenvalue weighted by Crippen LogP contribution is 2.44. The third kappa shape index (κ3) is 4.52. The first-order valence-electron chi connectivity index (χ1n) is 12.1. The molecule has 0 fully saturated rings. The fraction of sp³-hybridized carbons (Fsp3) is 0.448. The summed E-state index contributed by atoms with van der Waals surface area (Å²) in [6.07, 6.45) is 4.27. The lowest BCUT2D eigenvalue weighted by atomic mass is 10.1. The minimum Gasteiger partial charge on any atom is -0.490 e. The molecule has 4 heteroatoms. The Morgan fingerprint density at radius 1 is 1.03 bits per heavy atom. The molecule has 0 aromatic heterocycles. The number of fused-ring (bicyclic) bond motifs is 1. The van der Waals surface area contributed by atoms with Crippen molar-refractivity contribution < 1.29 is 4.74 Å². The molecule has 0 amide bonds. The molecule has 0 saturated heterocycles. The van der Waals surface area contributed by atoms with Crippen LogP contribution >= 0.6 is 0 Å². The van der Waals surface area contributed by atoms with Crippen LogP contribution in [0.4, 0.5) is 0 Å². The van der Waals surface area contributed by atoms with Crippen LogP contribution in [0.15, 0.2) is 54.8 Å². The average Bonchev–Trinajstić information content (AvgIpc) is 3.12. The second-order valence-electron chi connectivity index (χ2n) is 11.9. The van der Waals surface area contributed by atoms with E-state index in [0.717, 1.165) is 5.75 Å². The first-order valence-corrected chi connectivity index (χ1v) is 18.2. The molecule has 1 aliphatic rings. The zero-order valence-corrected chi connectivity index (χ0v) is 24.5. The molecule has 1 unspecified atom stereocenters. The van der Waals surface area contributed by atoms with Crippen LogP contribution in [0, 0.1) is 6.92 Å². The zero-order valence-electron chi connectivity index (χ0n) is 22.5. The van der Waals surface area contributed by atoms with Gasteiger partial charge in [-0.2, -0.15) is 0 Å². The highest BCUT2D eigenvalue weighted by Gasteiger charge is 2.46. The van der Waals surface area contributed by atoms with E-state index in [9.17, 15) is 0 Å². The third-order valence-corrected chi connectivity index (χ3v) is 17.2. The number of aryl methyl sites for hydroxylation is 1. The van der Waals surface area contributed by atoms with E-state index in [2.05, 4.69) is 122 Å². The molecule has 3 rings (SSSR count). The molecule has 1 atom stereocenters. The normalized spacial score (nSPS) is 16.3. The Morgan fingerprint density at radius 2 is 1.64 bits per heavy atom. The van der Waals surface area contributed by atoms with Gasteiger partial charge in [-0.15, -0.1) is 0 Å². The second-order valence-corrected chi connectivity index (χ2v) is 21.8. The molecule has 33 heavy (non-hydrogen) atoms. The number of likely N-dealkylation sites (N-methyl/N-ethyl adjacent to an activating group) is 1. The van der Waals surface area contributed by atoms with E-state index in [1.165, 1.54) is 32.8 Å². The predicted molar refractivity (Wildman–Crippen MR) is 152 cm³/mol. The number of benzene rings is 2. The summed E-state index contributed by atoms with van der Waals surface area (Å²) in [6.45, 7) is 24.0. The van der Waals surface area contributed by atoms with Crippen molar-refractivity contribution in [3.63, 3.8) is 0 Å². The quantitative estimate of drug-likeness (QED) is 0.336. The molecule has 0 aliphatic heterocycles. The molecule has 2 aromatic rings. The molecular weight excluding hydrogens is 434 g/mol. The molecule has 1 aliphatic carbocycles. The summed E-state index contributed by atoms with van der Waals surface area (Å²) < 4.78 is 6.60. The molecule has 0 saturated carbocycles. The van der Waals surface area contributed by atoms with Gasteiger partial charge >= 0.3 is 0 Å². The van der Waals surface area contributed by atoms with Crippen LogP contribution in [0.2, 0.25) is 31.2 Å². The Bertz CT molecular complexity index is 1070.